The lowest BCUT2D eigenvalue weighted by atomic mass is 10.2. The topological polar surface area (TPSA) is 87.7 Å². The molecule has 0 spiro atoms. The standard InChI is InChI=1S/C16H16N2O4/c1-10(19)17-12-7-8-14(21)16(9-12)22-15-6-4-3-5-13(15)18-11(2)20/h3-9,21H,1-2H3,(H,17,19)(H,18,20). The molecule has 0 fully saturated rings. The van der Waals surface area contributed by atoms with Gasteiger partial charge in [-0.2, -0.15) is 0 Å². The van der Waals surface area contributed by atoms with E-state index in [1.54, 1.807) is 30.3 Å². The number of anilines is 2. The maximum Gasteiger partial charge on any atom is 0.221 e. The predicted molar refractivity (Wildman–Crippen MR) is 83.2 cm³/mol. The van der Waals surface area contributed by atoms with Crippen LogP contribution in [0, 0.1) is 0 Å². The number of rotatable bonds is 4. The molecule has 6 nitrogen and oxygen atoms in total. The number of hydrogen-bond donors (Lipinski definition) is 3. The molecule has 6 heteroatoms. The predicted octanol–water partition coefficient (Wildman–Crippen LogP) is 3.10. The van der Waals surface area contributed by atoms with Gasteiger partial charge in [-0.1, -0.05) is 12.1 Å². The fourth-order valence-corrected chi connectivity index (χ4v) is 1.84. The number of carbonyl (C=O) groups excluding carboxylic acids is 2. The van der Waals surface area contributed by atoms with Gasteiger partial charge in [-0.05, 0) is 24.3 Å². The van der Waals surface area contributed by atoms with Crippen molar-refractivity contribution in [1.29, 1.82) is 0 Å². The van der Waals surface area contributed by atoms with Crippen LogP contribution >= 0.6 is 0 Å². The third-order valence-electron chi connectivity index (χ3n) is 2.70. The Bertz CT molecular complexity index is 713. The molecule has 0 aromatic heterocycles. The fourth-order valence-electron chi connectivity index (χ4n) is 1.84. The Kier molecular flexibility index (Phi) is 4.63. The number of nitrogens with one attached hydrogen (secondary N) is 2. The summed E-state index contributed by atoms with van der Waals surface area (Å²) < 4.78 is 5.65. The van der Waals surface area contributed by atoms with Gasteiger partial charge in [0.1, 0.15) is 0 Å². The lowest BCUT2D eigenvalue weighted by molar-refractivity contribution is -0.115. The Morgan fingerprint density at radius 1 is 0.955 bits per heavy atom. The number of amides is 2. The molecule has 0 unspecified atom stereocenters. The van der Waals surface area contributed by atoms with E-state index in [1.165, 1.54) is 26.0 Å². The van der Waals surface area contributed by atoms with E-state index in [0.717, 1.165) is 0 Å². The molecular formula is C16H16N2O4. The Morgan fingerprint density at radius 2 is 1.64 bits per heavy atom. The summed E-state index contributed by atoms with van der Waals surface area (Å²) in [5, 5.41) is 15.1. The summed E-state index contributed by atoms with van der Waals surface area (Å²) in [6, 6.07) is 11.3. The number of phenols is 1. The van der Waals surface area contributed by atoms with Gasteiger partial charge in [0.15, 0.2) is 17.2 Å². The minimum absolute atomic E-state index is 0.0771. The van der Waals surface area contributed by atoms with Crippen LogP contribution < -0.4 is 15.4 Å². The summed E-state index contributed by atoms with van der Waals surface area (Å²) in [6.07, 6.45) is 0. The average Bonchev–Trinajstić information content (AvgIpc) is 2.43. The zero-order chi connectivity index (χ0) is 16.1. The van der Waals surface area contributed by atoms with Gasteiger partial charge in [0.25, 0.3) is 0 Å². The quantitative estimate of drug-likeness (QED) is 0.757. The van der Waals surface area contributed by atoms with Gasteiger partial charge in [-0.15, -0.1) is 0 Å². The molecule has 114 valence electrons. The zero-order valence-electron chi connectivity index (χ0n) is 12.2. The summed E-state index contributed by atoms with van der Waals surface area (Å²) >= 11 is 0. The van der Waals surface area contributed by atoms with Crippen molar-refractivity contribution < 1.29 is 19.4 Å². The van der Waals surface area contributed by atoms with Crippen LogP contribution in [-0.4, -0.2) is 16.9 Å². The maximum atomic E-state index is 11.2. The zero-order valence-corrected chi connectivity index (χ0v) is 12.2. The Morgan fingerprint density at radius 3 is 2.32 bits per heavy atom. The third kappa shape index (κ3) is 3.99. The number of para-hydroxylation sites is 2. The first kappa shape index (κ1) is 15.4. The van der Waals surface area contributed by atoms with E-state index in [1.807, 2.05) is 0 Å². The molecule has 2 aromatic carbocycles. The van der Waals surface area contributed by atoms with E-state index in [-0.39, 0.29) is 23.3 Å². The molecular weight excluding hydrogens is 284 g/mol. The Hall–Kier alpha value is -3.02. The minimum Gasteiger partial charge on any atom is -0.504 e. The van der Waals surface area contributed by atoms with Crippen molar-refractivity contribution in [1.82, 2.24) is 0 Å². The number of benzene rings is 2. The molecule has 3 N–H and O–H groups in total. The number of carbonyl (C=O) groups is 2. The normalized spacial score (nSPS) is 9.91. The fraction of sp³-hybridized carbons (Fsp3) is 0.125. The molecule has 0 radical (unpaired) electrons. The molecule has 2 amide bonds. The molecule has 0 aliphatic carbocycles. The highest BCUT2D eigenvalue weighted by Gasteiger charge is 2.10. The van der Waals surface area contributed by atoms with Crippen molar-refractivity contribution in [2.24, 2.45) is 0 Å². The number of hydrogen-bond acceptors (Lipinski definition) is 4. The van der Waals surface area contributed by atoms with E-state index < -0.39 is 0 Å². The molecule has 0 saturated heterocycles. The van der Waals surface area contributed by atoms with E-state index in [0.29, 0.717) is 17.1 Å². The molecule has 22 heavy (non-hydrogen) atoms. The first-order chi connectivity index (χ1) is 10.5. The molecule has 0 heterocycles. The summed E-state index contributed by atoms with van der Waals surface area (Å²) in [4.78, 5) is 22.3. The van der Waals surface area contributed by atoms with Crippen LogP contribution in [0.2, 0.25) is 0 Å². The van der Waals surface area contributed by atoms with E-state index in [2.05, 4.69) is 10.6 Å². The van der Waals surface area contributed by atoms with Gasteiger partial charge in [0.05, 0.1) is 5.69 Å². The van der Waals surface area contributed by atoms with Crippen molar-refractivity contribution in [2.75, 3.05) is 10.6 Å². The smallest absolute Gasteiger partial charge is 0.221 e. The minimum atomic E-state index is -0.229. The SMILES string of the molecule is CC(=O)Nc1ccc(O)c(Oc2ccccc2NC(C)=O)c1. The Balaban J connectivity index is 2.30. The second-order valence-electron chi connectivity index (χ2n) is 4.64. The summed E-state index contributed by atoms with van der Waals surface area (Å²) in [6.45, 7) is 2.78. The van der Waals surface area contributed by atoms with Crippen molar-refractivity contribution >= 4 is 23.2 Å². The molecule has 0 aliphatic heterocycles. The van der Waals surface area contributed by atoms with Gasteiger partial charge in [-0.3, -0.25) is 9.59 Å². The molecule has 2 aromatic rings. The van der Waals surface area contributed by atoms with Crippen LogP contribution in [0.3, 0.4) is 0 Å². The van der Waals surface area contributed by atoms with Gasteiger partial charge >= 0.3 is 0 Å². The van der Waals surface area contributed by atoms with Crippen LogP contribution in [-0.2, 0) is 9.59 Å². The lowest BCUT2D eigenvalue weighted by Gasteiger charge is -2.13. The van der Waals surface area contributed by atoms with Crippen molar-refractivity contribution in [3.05, 3.63) is 42.5 Å². The highest BCUT2D eigenvalue weighted by Crippen LogP contribution is 2.36. The molecule has 0 saturated carbocycles. The molecule has 0 aliphatic rings. The lowest BCUT2D eigenvalue weighted by Crippen LogP contribution is -2.07. The molecule has 0 atom stereocenters. The first-order valence-corrected chi connectivity index (χ1v) is 6.61. The van der Waals surface area contributed by atoms with Crippen molar-refractivity contribution in [3.63, 3.8) is 0 Å². The number of ether oxygens (including phenoxy) is 1. The summed E-state index contributed by atoms with van der Waals surface area (Å²) in [5.74, 6) is 0.0197. The highest BCUT2D eigenvalue weighted by molar-refractivity contribution is 5.90. The van der Waals surface area contributed by atoms with Gasteiger partial charge < -0.3 is 20.5 Å². The second kappa shape index (κ2) is 6.62. The van der Waals surface area contributed by atoms with Crippen LogP contribution in [0.25, 0.3) is 0 Å². The molecule has 0 bridgehead atoms. The van der Waals surface area contributed by atoms with E-state index in [9.17, 15) is 14.7 Å². The molecule has 2 rings (SSSR count). The van der Waals surface area contributed by atoms with Gasteiger partial charge in [0, 0.05) is 25.6 Å². The third-order valence-corrected chi connectivity index (χ3v) is 2.70. The number of phenolic OH excluding ortho intramolecular Hbond substituents is 1. The second-order valence-corrected chi connectivity index (χ2v) is 4.64. The van der Waals surface area contributed by atoms with Crippen molar-refractivity contribution in [3.8, 4) is 17.2 Å². The van der Waals surface area contributed by atoms with Crippen LogP contribution in [0.15, 0.2) is 42.5 Å². The maximum absolute atomic E-state index is 11.2. The van der Waals surface area contributed by atoms with Gasteiger partial charge in [0.2, 0.25) is 11.8 Å². The van der Waals surface area contributed by atoms with E-state index >= 15 is 0 Å². The largest absolute Gasteiger partial charge is 0.504 e. The van der Waals surface area contributed by atoms with Crippen LogP contribution in [0.1, 0.15) is 13.8 Å². The highest BCUT2D eigenvalue weighted by atomic mass is 16.5. The van der Waals surface area contributed by atoms with Crippen LogP contribution in [0.4, 0.5) is 11.4 Å². The number of aromatic hydroxyl groups is 1. The summed E-state index contributed by atoms with van der Waals surface area (Å²) in [7, 11) is 0. The monoisotopic (exact) mass is 300 g/mol. The van der Waals surface area contributed by atoms with Crippen molar-refractivity contribution in [2.45, 2.75) is 13.8 Å². The van der Waals surface area contributed by atoms with E-state index in [4.69, 9.17) is 4.74 Å². The van der Waals surface area contributed by atoms with Gasteiger partial charge in [-0.25, -0.2) is 0 Å². The summed E-state index contributed by atoms with van der Waals surface area (Å²) in [5.41, 5.74) is 0.983. The first-order valence-electron chi connectivity index (χ1n) is 6.61. The Labute approximate surface area is 127 Å². The van der Waals surface area contributed by atoms with Crippen LogP contribution in [0.5, 0.6) is 17.2 Å². The average molecular weight is 300 g/mol.